The number of rotatable bonds is 3. The molecule has 118 valence electrons. The predicted molar refractivity (Wildman–Crippen MR) is 79.9 cm³/mol. The lowest BCUT2D eigenvalue weighted by molar-refractivity contribution is 0.0846. The fourth-order valence-electron chi connectivity index (χ4n) is 3.11. The van der Waals surface area contributed by atoms with Crippen molar-refractivity contribution in [1.82, 2.24) is 20.4 Å². The van der Waals surface area contributed by atoms with Gasteiger partial charge in [0.2, 0.25) is 0 Å². The molecule has 0 aromatic heterocycles. The van der Waals surface area contributed by atoms with Crippen LogP contribution in [-0.2, 0) is 0 Å². The molecule has 0 amide bonds. The summed E-state index contributed by atoms with van der Waals surface area (Å²) in [6, 6.07) is 0. The van der Waals surface area contributed by atoms with Gasteiger partial charge in [-0.25, -0.2) is 0 Å². The Bertz CT molecular complexity index is 292. The van der Waals surface area contributed by atoms with Crippen molar-refractivity contribution in [1.29, 1.82) is 0 Å². The van der Waals surface area contributed by atoms with Gasteiger partial charge in [-0.15, -0.1) is 0 Å². The summed E-state index contributed by atoms with van der Waals surface area (Å²) in [5, 5.41) is 26.2. The van der Waals surface area contributed by atoms with E-state index in [1.54, 1.807) is 0 Å². The molecule has 2 rings (SSSR count). The van der Waals surface area contributed by atoms with Crippen molar-refractivity contribution in [2.24, 2.45) is 0 Å². The molecule has 1 aliphatic heterocycles. The number of nitrogens with one attached hydrogen (secondary N) is 2. The third-order valence-corrected chi connectivity index (χ3v) is 4.64. The molecule has 2 fully saturated rings. The van der Waals surface area contributed by atoms with Gasteiger partial charge in [-0.1, -0.05) is 0 Å². The minimum absolute atomic E-state index is 0.154. The molecule has 1 heterocycles. The van der Waals surface area contributed by atoms with Gasteiger partial charge < -0.3 is 25.7 Å². The molecule has 1 saturated carbocycles. The zero-order valence-corrected chi connectivity index (χ0v) is 12.6. The molecule has 6 heteroatoms. The van der Waals surface area contributed by atoms with E-state index in [-0.39, 0.29) is 18.2 Å². The molecule has 1 unspecified atom stereocenters. The second-order valence-electron chi connectivity index (χ2n) is 6.09. The summed E-state index contributed by atoms with van der Waals surface area (Å²) in [4.78, 5) is 4.71. The summed E-state index contributed by atoms with van der Waals surface area (Å²) >= 11 is 0. The molecule has 1 saturated heterocycles. The summed E-state index contributed by atoms with van der Waals surface area (Å²) in [7, 11) is 2.14. The fraction of sp³-hybridized carbons (Fsp3) is 1.00. The predicted octanol–water partition coefficient (Wildman–Crippen LogP) is -1.70. The Morgan fingerprint density at radius 2 is 1.70 bits per heavy atom. The Morgan fingerprint density at radius 3 is 2.30 bits per heavy atom. The molecule has 6 nitrogen and oxygen atoms in total. The second-order valence-corrected chi connectivity index (χ2v) is 6.09. The Morgan fingerprint density at radius 1 is 1.05 bits per heavy atom. The summed E-state index contributed by atoms with van der Waals surface area (Å²) in [5.41, 5.74) is -0.167. The van der Waals surface area contributed by atoms with Crippen LogP contribution in [0.1, 0.15) is 12.8 Å². The van der Waals surface area contributed by atoms with Crippen LogP contribution in [0.2, 0.25) is 0 Å². The first-order valence-corrected chi connectivity index (χ1v) is 7.83. The van der Waals surface area contributed by atoms with Gasteiger partial charge in [0.25, 0.3) is 0 Å². The van der Waals surface area contributed by atoms with Crippen molar-refractivity contribution < 1.29 is 10.2 Å². The Labute approximate surface area is 122 Å². The van der Waals surface area contributed by atoms with Crippen LogP contribution in [0.25, 0.3) is 0 Å². The molecule has 4 N–H and O–H groups in total. The van der Waals surface area contributed by atoms with Crippen LogP contribution < -0.4 is 10.6 Å². The Balaban J connectivity index is 1.93. The molecular formula is C14H30N4O2. The molecule has 2 atom stereocenters. The maximum atomic E-state index is 10.0. The van der Waals surface area contributed by atoms with Crippen LogP contribution in [0.5, 0.6) is 0 Å². The first kappa shape index (κ1) is 16.1. The number of aliphatic hydroxyl groups excluding tert-OH is 2. The molecule has 0 aromatic carbocycles. The molecule has 2 aliphatic rings. The lowest BCUT2D eigenvalue weighted by Gasteiger charge is -2.34. The van der Waals surface area contributed by atoms with Crippen molar-refractivity contribution in [3.8, 4) is 0 Å². The molecule has 0 radical (unpaired) electrons. The average molecular weight is 286 g/mol. The van der Waals surface area contributed by atoms with E-state index in [9.17, 15) is 10.2 Å². The first-order valence-electron chi connectivity index (χ1n) is 7.83. The van der Waals surface area contributed by atoms with Crippen LogP contribution in [0, 0.1) is 0 Å². The number of aliphatic hydroxyl groups is 2. The van der Waals surface area contributed by atoms with Crippen molar-refractivity contribution in [2.45, 2.75) is 24.5 Å². The second kappa shape index (κ2) is 7.68. The molecule has 0 bridgehead atoms. The largest absolute Gasteiger partial charge is 0.396 e. The monoisotopic (exact) mass is 286 g/mol. The van der Waals surface area contributed by atoms with E-state index in [4.69, 9.17) is 0 Å². The van der Waals surface area contributed by atoms with Gasteiger partial charge in [0.05, 0.1) is 11.6 Å². The van der Waals surface area contributed by atoms with Crippen LogP contribution in [0.3, 0.4) is 0 Å². The zero-order valence-electron chi connectivity index (χ0n) is 12.6. The highest BCUT2D eigenvalue weighted by atomic mass is 16.3. The summed E-state index contributed by atoms with van der Waals surface area (Å²) in [6.45, 7) is 8.02. The van der Waals surface area contributed by atoms with Crippen LogP contribution in [-0.4, -0.2) is 97.7 Å². The SMILES string of the molecule is CN1CCNCCNCCN([C@@]2(CCO)CC2O)CC1. The van der Waals surface area contributed by atoms with Crippen molar-refractivity contribution >= 4 is 0 Å². The standard InChI is InChI=1S/C14H30N4O2/c1-17-7-5-15-3-4-16-6-8-18(10-9-17)14(2-11-19)12-13(14)20/h13,15-16,19-20H,2-12H2,1H3/t13?,14-/m0/s1. The van der Waals surface area contributed by atoms with Crippen LogP contribution in [0.4, 0.5) is 0 Å². The molecular weight excluding hydrogens is 256 g/mol. The van der Waals surface area contributed by atoms with Gasteiger partial charge in [-0.2, -0.15) is 0 Å². The van der Waals surface area contributed by atoms with Gasteiger partial charge in [0, 0.05) is 59.0 Å². The van der Waals surface area contributed by atoms with Gasteiger partial charge in [-0.05, 0) is 19.9 Å². The average Bonchev–Trinajstić information content (AvgIpc) is 3.05. The third kappa shape index (κ3) is 4.13. The van der Waals surface area contributed by atoms with E-state index in [1.807, 2.05) is 0 Å². The first-order chi connectivity index (χ1) is 9.69. The fourth-order valence-corrected chi connectivity index (χ4v) is 3.11. The van der Waals surface area contributed by atoms with Gasteiger partial charge in [0.1, 0.15) is 0 Å². The number of nitrogens with zero attached hydrogens (tertiary/aromatic N) is 2. The van der Waals surface area contributed by atoms with Crippen LogP contribution in [0.15, 0.2) is 0 Å². The van der Waals surface area contributed by atoms with E-state index >= 15 is 0 Å². The summed E-state index contributed by atoms with van der Waals surface area (Å²) in [6.07, 6.45) is 1.22. The Kier molecular flexibility index (Phi) is 6.20. The lowest BCUT2D eigenvalue weighted by Crippen LogP contribution is -2.49. The molecule has 1 aliphatic carbocycles. The van der Waals surface area contributed by atoms with Gasteiger partial charge in [0.15, 0.2) is 0 Å². The van der Waals surface area contributed by atoms with Crippen molar-refractivity contribution in [2.75, 3.05) is 66.0 Å². The minimum Gasteiger partial charge on any atom is -0.396 e. The smallest absolute Gasteiger partial charge is 0.0744 e. The van der Waals surface area contributed by atoms with Gasteiger partial charge in [-0.3, -0.25) is 4.90 Å². The topological polar surface area (TPSA) is 71.0 Å². The van der Waals surface area contributed by atoms with E-state index in [1.165, 1.54) is 0 Å². The highest BCUT2D eigenvalue weighted by Gasteiger charge is 2.56. The molecule has 0 spiro atoms. The van der Waals surface area contributed by atoms with Crippen molar-refractivity contribution in [3.63, 3.8) is 0 Å². The number of likely N-dealkylation sites (N-methyl/N-ethyl adjacent to an activating group) is 1. The Hall–Kier alpha value is -0.240. The highest BCUT2D eigenvalue weighted by molar-refractivity contribution is 5.12. The third-order valence-electron chi connectivity index (χ3n) is 4.64. The van der Waals surface area contributed by atoms with Crippen LogP contribution >= 0.6 is 0 Å². The molecule has 20 heavy (non-hydrogen) atoms. The highest BCUT2D eigenvalue weighted by Crippen LogP contribution is 2.44. The van der Waals surface area contributed by atoms with Gasteiger partial charge >= 0.3 is 0 Å². The number of hydrogen-bond acceptors (Lipinski definition) is 6. The van der Waals surface area contributed by atoms with E-state index < -0.39 is 0 Å². The normalized spacial score (nSPS) is 35.2. The number of hydrogen-bond donors (Lipinski definition) is 4. The quantitative estimate of drug-likeness (QED) is 0.496. The minimum atomic E-state index is -0.269. The van der Waals surface area contributed by atoms with E-state index in [0.717, 1.165) is 58.8 Å². The maximum absolute atomic E-state index is 10.0. The summed E-state index contributed by atoms with van der Waals surface area (Å²) < 4.78 is 0. The summed E-state index contributed by atoms with van der Waals surface area (Å²) in [5.74, 6) is 0. The van der Waals surface area contributed by atoms with Crippen molar-refractivity contribution in [3.05, 3.63) is 0 Å². The maximum Gasteiger partial charge on any atom is 0.0744 e. The van der Waals surface area contributed by atoms with E-state index in [0.29, 0.717) is 6.42 Å². The van der Waals surface area contributed by atoms with E-state index in [2.05, 4.69) is 27.5 Å². The lowest BCUT2D eigenvalue weighted by atomic mass is 10.1. The zero-order chi connectivity index (χ0) is 14.4. The molecule has 0 aromatic rings.